The van der Waals surface area contributed by atoms with Crippen molar-refractivity contribution in [1.82, 2.24) is 9.88 Å². The van der Waals surface area contributed by atoms with Gasteiger partial charge in [-0.25, -0.2) is 4.79 Å². The second kappa shape index (κ2) is 11.4. The summed E-state index contributed by atoms with van der Waals surface area (Å²) in [5, 5.41) is 7.91. The molecule has 1 saturated carbocycles. The summed E-state index contributed by atoms with van der Waals surface area (Å²) < 4.78 is 12.3. The van der Waals surface area contributed by atoms with Gasteiger partial charge in [0.05, 0.1) is 18.7 Å². The lowest BCUT2D eigenvalue weighted by molar-refractivity contribution is 0.130. The van der Waals surface area contributed by atoms with Crippen LogP contribution in [0.3, 0.4) is 0 Å². The van der Waals surface area contributed by atoms with Gasteiger partial charge >= 0.3 is 6.09 Å². The van der Waals surface area contributed by atoms with Crippen LogP contribution in [0.1, 0.15) is 31.2 Å². The average Bonchev–Trinajstić information content (AvgIpc) is 2.89. The quantitative estimate of drug-likeness (QED) is 0.274. The van der Waals surface area contributed by atoms with E-state index >= 15 is 0 Å². The van der Waals surface area contributed by atoms with Gasteiger partial charge in [0.2, 0.25) is 0 Å². The molecule has 9 heteroatoms. The molecule has 0 radical (unpaired) electrons. The molecule has 1 unspecified atom stereocenters. The van der Waals surface area contributed by atoms with Crippen molar-refractivity contribution in [3.05, 3.63) is 87.0 Å². The van der Waals surface area contributed by atoms with Crippen molar-refractivity contribution in [1.29, 1.82) is 0 Å². The summed E-state index contributed by atoms with van der Waals surface area (Å²) in [6.45, 7) is 0.515. The predicted molar refractivity (Wildman–Crippen MR) is 133 cm³/mol. The maximum atomic E-state index is 12.7. The van der Waals surface area contributed by atoms with Crippen LogP contribution in [-0.2, 0) is 17.9 Å². The number of azide groups is 1. The molecule has 1 amide bonds. The monoisotopic (exact) mass is 475 g/mol. The van der Waals surface area contributed by atoms with Crippen molar-refractivity contribution in [3.63, 3.8) is 0 Å². The molecule has 9 nitrogen and oxygen atoms in total. The first-order chi connectivity index (χ1) is 17.1. The van der Waals surface area contributed by atoms with Crippen LogP contribution >= 0.6 is 0 Å². The average molecular weight is 476 g/mol. The molecule has 0 saturated heterocycles. The number of pyridine rings is 1. The van der Waals surface area contributed by atoms with Gasteiger partial charge in [-0.15, -0.1) is 0 Å². The largest absolute Gasteiger partial charge is 0.497 e. The van der Waals surface area contributed by atoms with Gasteiger partial charge in [0, 0.05) is 29.6 Å². The van der Waals surface area contributed by atoms with Gasteiger partial charge in [-0.3, -0.25) is 4.79 Å². The van der Waals surface area contributed by atoms with Gasteiger partial charge in [-0.1, -0.05) is 35.4 Å². The van der Waals surface area contributed by atoms with E-state index in [4.69, 9.17) is 9.47 Å². The number of ether oxygens (including phenoxy) is 2. The smallest absolute Gasteiger partial charge is 0.407 e. The Hall–Kier alpha value is -3.97. The summed E-state index contributed by atoms with van der Waals surface area (Å²) in [4.78, 5) is 28.0. The highest BCUT2D eigenvalue weighted by atomic mass is 16.5. The van der Waals surface area contributed by atoms with E-state index in [-0.39, 0.29) is 36.7 Å². The topological polar surface area (TPSA) is 118 Å². The van der Waals surface area contributed by atoms with Gasteiger partial charge in [-0.05, 0) is 66.3 Å². The van der Waals surface area contributed by atoms with Gasteiger partial charge in [0.25, 0.3) is 5.56 Å². The van der Waals surface area contributed by atoms with Crippen LogP contribution in [-0.4, -0.2) is 29.9 Å². The Balaban J connectivity index is 1.38. The van der Waals surface area contributed by atoms with Gasteiger partial charge in [0.15, 0.2) is 0 Å². The number of amides is 1. The van der Waals surface area contributed by atoms with E-state index in [0.29, 0.717) is 5.75 Å². The molecule has 1 aliphatic carbocycles. The third kappa shape index (κ3) is 6.13. The Morgan fingerprint density at radius 2 is 1.89 bits per heavy atom. The number of nitrogens with zero attached hydrogens (tertiary/aromatic N) is 4. The third-order valence-corrected chi connectivity index (χ3v) is 6.62. The molecule has 1 aromatic heterocycles. The number of fused-ring (bicyclic) bond motifs is 1. The highest BCUT2D eigenvalue weighted by molar-refractivity contribution is 5.80. The minimum atomic E-state index is -0.430. The number of hydrogen-bond donors (Lipinski definition) is 1. The van der Waals surface area contributed by atoms with Gasteiger partial charge < -0.3 is 19.4 Å². The molecule has 0 aliphatic heterocycles. The molecule has 2 aromatic carbocycles. The maximum absolute atomic E-state index is 12.7. The first-order valence-electron chi connectivity index (χ1n) is 11.8. The van der Waals surface area contributed by atoms with E-state index in [1.54, 1.807) is 17.7 Å². The van der Waals surface area contributed by atoms with Crippen molar-refractivity contribution in [2.45, 2.75) is 50.9 Å². The number of nitrogens with one attached hydrogen (secondary N) is 1. The number of rotatable bonds is 8. The van der Waals surface area contributed by atoms with E-state index in [2.05, 4.69) is 15.3 Å². The number of alkyl carbamates (subject to hydrolysis) is 1. The number of carbonyl (C=O) groups excluding carboxylic acids is 1. The van der Waals surface area contributed by atoms with E-state index in [1.807, 2.05) is 48.5 Å². The molecular weight excluding hydrogens is 446 g/mol. The highest BCUT2D eigenvalue weighted by Gasteiger charge is 2.29. The zero-order valence-corrected chi connectivity index (χ0v) is 19.7. The van der Waals surface area contributed by atoms with E-state index in [0.717, 1.165) is 42.1 Å². The van der Waals surface area contributed by atoms with E-state index in [9.17, 15) is 15.1 Å². The fraction of sp³-hybridized carbons (Fsp3) is 0.385. The minimum Gasteiger partial charge on any atom is -0.497 e. The lowest BCUT2D eigenvalue weighted by Gasteiger charge is -2.32. The molecule has 0 bridgehead atoms. The predicted octanol–water partition coefficient (Wildman–Crippen LogP) is 5.17. The van der Waals surface area contributed by atoms with Crippen LogP contribution in [0.25, 0.3) is 21.3 Å². The molecule has 1 N–H and O–H groups in total. The van der Waals surface area contributed by atoms with Crippen LogP contribution in [0, 0.1) is 5.92 Å². The highest BCUT2D eigenvalue weighted by Crippen LogP contribution is 2.30. The van der Waals surface area contributed by atoms with Crippen molar-refractivity contribution in [2.75, 3.05) is 7.11 Å². The Bertz CT molecular complexity index is 1260. The number of methoxy groups -OCH3 is 1. The Morgan fingerprint density at radius 3 is 2.60 bits per heavy atom. The fourth-order valence-electron chi connectivity index (χ4n) is 4.70. The van der Waals surface area contributed by atoms with E-state index < -0.39 is 6.09 Å². The summed E-state index contributed by atoms with van der Waals surface area (Å²) in [6.07, 6.45) is 2.62. The van der Waals surface area contributed by atoms with Crippen LogP contribution in [0.5, 0.6) is 5.75 Å². The van der Waals surface area contributed by atoms with Crippen LogP contribution in [0.2, 0.25) is 0 Å². The van der Waals surface area contributed by atoms with Gasteiger partial charge in [-0.2, -0.15) is 0 Å². The van der Waals surface area contributed by atoms with Crippen molar-refractivity contribution < 1.29 is 14.3 Å². The number of carbonyl (C=O) groups is 1. The molecule has 4 rings (SSSR count). The standard InChI is InChI=1S/C26H29N5O4/c1-34-22-13-9-20-10-14-25(32)31(24(20)15-22)16-23(29-30-27)19-7-11-21(12-8-19)28-26(33)35-17-18-5-3-2-4-6-18/h2-6,9-10,13-15,19,21,23H,7-8,11-12,16-17H2,1H3,(H,28,33). The minimum absolute atomic E-state index is 0.00535. The second-order valence-electron chi connectivity index (χ2n) is 8.80. The van der Waals surface area contributed by atoms with Gasteiger partial charge in [0.1, 0.15) is 12.4 Å². The fourth-order valence-corrected chi connectivity index (χ4v) is 4.70. The third-order valence-electron chi connectivity index (χ3n) is 6.62. The second-order valence-corrected chi connectivity index (χ2v) is 8.80. The molecule has 1 aliphatic rings. The summed E-state index contributed by atoms with van der Waals surface area (Å²) in [6, 6.07) is 18.1. The first-order valence-corrected chi connectivity index (χ1v) is 11.8. The van der Waals surface area contributed by atoms with E-state index in [1.165, 1.54) is 6.07 Å². The Kier molecular flexibility index (Phi) is 7.90. The lowest BCUT2D eigenvalue weighted by Crippen LogP contribution is -2.40. The molecule has 0 spiro atoms. The maximum Gasteiger partial charge on any atom is 0.407 e. The molecule has 1 atom stereocenters. The number of benzene rings is 2. The number of aromatic nitrogens is 1. The normalized spacial score (nSPS) is 18.3. The summed E-state index contributed by atoms with van der Waals surface area (Å²) in [7, 11) is 1.58. The van der Waals surface area contributed by atoms with Crippen LogP contribution in [0.15, 0.2) is 70.6 Å². The molecule has 1 heterocycles. The molecule has 1 fully saturated rings. The van der Waals surface area contributed by atoms with Crippen molar-refractivity contribution in [2.24, 2.45) is 11.0 Å². The molecule has 3 aromatic rings. The number of hydrogen-bond acceptors (Lipinski definition) is 5. The Labute approximate surface area is 203 Å². The zero-order chi connectivity index (χ0) is 24.6. The van der Waals surface area contributed by atoms with Crippen molar-refractivity contribution >= 4 is 17.0 Å². The van der Waals surface area contributed by atoms with Crippen LogP contribution < -0.4 is 15.6 Å². The zero-order valence-electron chi connectivity index (χ0n) is 19.7. The Morgan fingerprint density at radius 1 is 1.14 bits per heavy atom. The lowest BCUT2D eigenvalue weighted by atomic mass is 9.81. The molecular formula is C26H29N5O4. The summed E-state index contributed by atoms with van der Waals surface area (Å²) in [5.41, 5.74) is 10.7. The summed E-state index contributed by atoms with van der Waals surface area (Å²) in [5.74, 6) is 0.764. The SMILES string of the molecule is COc1ccc2ccc(=O)n(CC(N=[N+]=[N-])C3CCC(NC(=O)OCc4ccccc4)CC3)c2c1. The first kappa shape index (κ1) is 24.2. The van der Waals surface area contributed by atoms with Crippen LogP contribution in [0.4, 0.5) is 4.79 Å². The van der Waals surface area contributed by atoms with Crippen molar-refractivity contribution in [3.8, 4) is 5.75 Å². The summed E-state index contributed by atoms with van der Waals surface area (Å²) >= 11 is 0. The molecule has 182 valence electrons. The molecule has 35 heavy (non-hydrogen) atoms.